The fraction of sp³-hybridized carbons (Fsp3) is 0.0476. The molecule has 0 unspecified atom stereocenters. The smallest absolute Gasteiger partial charge is 0.336 e. The lowest BCUT2D eigenvalue weighted by Crippen LogP contribution is -2.09. The van der Waals surface area contributed by atoms with Gasteiger partial charge in [-0.25, -0.2) is 4.79 Å². The van der Waals surface area contributed by atoms with Gasteiger partial charge < -0.3 is 14.6 Å². The number of halogens is 3. The van der Waals surface area contributed by atoms with Crippen LogP contribution in [0.3, 0.4) is 0 Å². The number of rotatable bonds is 2. The van der Waals surface area contributed by atoms with Crippen LogP contribution in [0.25, 0.3) is 33.4 Å². The summed E-state index contributed by atoms with van der Waals surface area (Å²) in [4.78, 5) is 24.4. The summed E-state index contributed by atoms with van der Waals surface area (Å²) in [5.74, 6) is -0.870. The van der Waals surface area contributed by atoms with E-state index in [1.807, 2.05) is 0 Å². The van der Waals surface area contributed by atoms with E-state index in [2.05, 4.69) is 47.8 Å². The molecular formula is C21H11Br3O5. The Labute approximate surface area is 189 Å². The molecule has 8 heteroatoms. The number of hydrogen-bond donors (Lipinski definition) is 2. The Morgan fingerprint density at radius 1 is 1.03 bits per heavy atom. The zero-order valence-electron chi connectivity index (χ0n) is 14.7. The normalized spacial score (nSPS) is 11.3. The van der Waals surface area contributed by atoms with Crippen molar-refractivity contribution in [1.82, 2.24) is 0 Å². The third kappa shape index (κ3) is 3.10. The van der Waals surface area contributed by atoms with Gasteiger partial charge in [0.15, 0.2) is 16.8 Å². The highest BCUT2D eigenvalue weighted by molar-refractivity contribution is 9.11. The number of carbonyl (C=O) groups is 1. The van der Waals surface area contributed by atoms with Crippen LogP contribution in [0.15, 0.2) is 59.0 Å². The van der Waals surface area contributed by atoms with Gasteiger partial charge in [-0.15, -0.1) is 0 Å². The van der Waals surface area contributed by atoms with E-state index in [0.29, 0.717) is 32.1 Å². The van der Waals surface area contributed by atoms with Gasteiger partial charge in [0, 0.05) is 16.5 Å². The van der Waals surface area contributed by atoms with Crippen LogP contribution in [0.1, 0.15) is 15.9 Å². The molecule has 0 spiro atoms. The van der Waals surface area contributed by atoms with Crippen LogP contribution in [0.5, 0.6) is 5.75 Å². The highest BCUT2D eigenvalue weighted by Gasteiger charge is 2.26. The maximum atomic E-state index is 12.5. The molecule has 0 atom stereocenters. The minimum atomic E-state index is -1.07. The molecule has 2 aromatic carbocycles. The van der Waals surface area contributed by atoms with Crippen LogP contribution >= 0.6 is 47.8 Å². The number of fused-ring (bicyclic) bond motifs is 2. The highest BCUT2D eigenvalue weighted by atomic mass is 79.9. The molecule has 1 aliphatic carbocycles. The molecule has 2 aliphatic rings. The predicted molar refractivity (Wildman–Crippen MR) is 121 cm³/mol. The lowest BCUT2D eigenvalue weighted by Gasteiger charge is -2.19. The standard InChI is InChI=1S/C21H11Br3O5/c1-8-6-11-14(9-4-2-3-5-10(9)21(27)28)12-7-13(22)18(26)16(24)20(12)29-19(11)15(23)17(8)25/h2-7,26H,1H3,(H,27,28). The molecule has 1 heterocycles. The number of carboxylic acids is 1. The van der Waals surface area contributed by atoms with Crippen LogP contribution in [0.2, 0.25) is 0 Å². The van der Waals surface area contributed by atoms with E-state index >= 15 is 0 Å². The van der Waals surface area contributed by atoms with Crippen LogP contribution < -0.4 is 5.43 Å². The topological polar surface area (TPSA) is 87.7 Å². The van der Waals surface area contributed by atoms with E-state index in [0.717, 1.165) is 0 Å². The molecule has 0 saturated heterocycles. The summed E-state index contributed by atoms with van der Waals surface area (Å²) in [6, 6.07) is 9.99. The molecule has 146 valence electrons. The highest BCUT2D eigenvalue weighted by Crippen LogP contribution is 2.48. The molecule has 2 N–H and O–H groups in total. The Hall–Kier alpha value is -2.16. The number of carboxylic acid groups (broad SMARTS) is 1. The Kier molecular flexibility index (Phi) is 5.04. The molecule has 29 heavy (non-hydrogen) atoms. The minimum Gasteiger partial charge on any atom is -0.505 e. The lowest BCUT2D eigenvalue weighted by atomic mass is 9.90. The molecule has 5 nitrogen and oxygen atoms in total. The van der Waals surface area contributed by atoms with Crippen molar-refractivity contribution in [3.05, 3.63) is 71.2 Å². The molecule has 0 aromatic heterocycles. The maximum absolute atomic E-state index is 12.5. The Morgan fingerprint density at radius 2 is 1.72 bits per heavy atom. The second-order valence-electron chi connectivity index (χ2n) is 6.44. The van der Waals surface area contributed by atoms with Crippen LogP contribution in [-0.4, -0.2) is 16.2 Å². The monoisotopic (exact) mass is 580 g/mol. The van der Waals surface area contributed by atoms with E-state index in [-0.39, 0.29) is 37.0 Å². The van der Waals surface area contributed by atoms with Crippen molar-refractivity contribution in [1.29, 1.82) is 0 Å². The second-order valence-corrected chi connectivity index (χ2v) is 8.88. The number of phenolic OH excluding ortho intramolecular Hbond substituents is 1. The first-order valence-electron chi connectivity index (χ1n) is 8.31. The molecule has 0 bridgehead atoms. The Balaban J connectivity index is 2.34. The van der Waals surface area contributed by atoms with Crippen molar-refractivity contribution in [2.45, 2.75) is 6.92 Å². The van der Waals surface area contributed by atoms with Crippen molar-refractivity contribution in [2.24, 2.45) is 0 Å². The number of benzene rings is 3. The summed E-state index contributed by atoms with van der Waals surface area (Å²) in [6.45, 7) is 1.69. The molecule has 0 radical (unpaired) electrons. The first-order valence-corrected chi connectivity index (χ1v) is 10.7. The summed E-state index contributed by atoms with van der Waals surface area (Å²) in [6.07, 6.45) is 0. The third-order valence-corrected chi connectivity index (χ3v) is 6.74. The van der Waals surface area contributed by atoms with Crippen molar-refractivity contribution in [2.75, 3.05) is 0 Å². The largest absolute Gasteiger partial charge is 0.505 e. The predicted octanol–water partition coefficient (Wildman–Crippen LogP) is 6.56. The van der Waals surface area contributed by atoms with Crippen molar-refractivity contribution < 1.29 is 19.4 Å². The Morgan fingerprint density at radius 3 is 2.41 bits per heavy atom. The summed E-state index contributed by atoms with van der Waals surface area (Å²) in [7, 11) is 0. The molecule has 4 rings (SSSR count). The number of hydrogen-bond acceptors (Lipinski definition) is 4. The summed E-state index contributed by atoms with van der Waals surface area (Å²) in [5, 5.41) is 20.6. The van der Waals surface area contributed by atoms with Gasteiger partial charge in [0.2, 0.25) is 0 Å². The van der Waals surface area contributed by atoms with Gasteiger partial charge in [0.25, 0.3) is 0 Å². The van der Waals surface area contributed by atoms with Crippen LogP contribution in [-0.2, 0) is 0 Å². The Bertz CT molecular complexity index is 1360. The van der Waals surface area contributed by atoms with E-state index < -0.39 is 5.97 Å². The summed E-state index contributed by atoms with van der Waals surface area (Å²) in [5.41, 5.74) is 2.31. The SMILES string of the molecule is Cc1cc2c(-c3ccccc3C(=O)O)c3cc(Br)c(O)c(Br)c3oc-2c(Br)c1=O. The zero-order valence-corrected chi connectivity index (χ0v) is 19.5. The average Bonchev–Trinajstić information content (AvgIpc) is 2.69. The average molecular weight is 583 g/mol. The van der Waals surface area contributed by atoms with E-state index in [4.69, 9.17) is 4.42 Å². The van der Waals surface area contributed by atoms with E-state index in [1.165, 1.54) is 6.07 Å². The fourth-order valence-electron chi connectivity index (χ4n) is 3.33. The molecule has 2 aromatic rings. The second kappa shape index (κ2) is 7.27. The molecule has 0 saturated carbocycles. The zero-order chi connectivity index (χ0) is 21.0. The number of aromatic hydroxyl groups is 1. The fourth-order valence-corrected chi connectivity index (χ4v) is 5.14. The number of aromatic carboxylic acids is 1. The van der Waals surface area contributed by atoms with Gasteiger partial charge in [0.05, 0.1) is 10.0 Å². The van der Waals surface area contributed by atoms with Gasteiger partial charge >= 0.3 is 5.97 Å². The minimum absolute atomic E-state index is 0.0661. The van der Waals surface area contributed by atoms with E-state index in [1.54, 1.807) is 37.3 Å². The lowest BCUT2D eigenvalue weighted by molar-refractivity contribution is 0.0697. The van der Waals surface area contributed by atoms with E-state index in [9.17, 15) is 19.8 Å². The van der Waals surface area contributed by atoms with Gasteiger partial charge in [-0.3, -0.25) is 4.79 Å². The first-order chi connectivity index (χ1) is 13.7. The number of phenols is 1. The number of aryl methyl sites for hydroxylation is 1. The molecule has 0 fully saturated rings. The summed E-state index contributed by atoms with van der Waals surface area (Å²) < 4.78 is 6.96. The van der Waals surface area contributed by atoms with Crippen molar-refractivity contribution in [3.63, 3.8) is 0 Å². The molecule has 1 aliphatic heterocycles. The van der Waals surface area contributed by atoms with Crippen LogP contribution in [0, 0.1) is 6.92 Å². The van der Waals surface area contributed by atoms with Gasteiger partial charge in [-0.2, -0.15) is 0 Å². The van der Waals surface area contributed by atoms with Crippen LogP contribution in [0.4, 0.5) is 0 Å². The molecule has 0 amide bonds. The maximum Gasteiger partial charge on any atom is 0.336 e. The van der Waals surface area contributed by atoms with Crippen molar-refractivity contribution >= 4 is 64.7 Å². The summed E-state index contributed by atoms with van der Waals surface area (Å²) >= 11 is 9.99. The van der Waals surface area contributed by atoms with Crippen molar-refractivity contribution in [3.8, 4) is 28.2 Å². The quantitative estimate of drug-likeness (QED) is 0.261. The van der Waals surface area contributed by atoms with Gasteiger partial charge in [-0.1, -0.05) is 18.2 Å². The molecular weight excluding hydrogens is 572 g/mol. The first kappa shape index (κ1) is 20.1. The third-order valence-electron chi connectivity index (χ3n) is 4.68. The van der Waals surface area contributed by atoms with Gasteiger partial charge in [0.1, 0.15) is 14.7 Å². The van der Waals surface area contributed by atoms with Gasteiger partial charge in [-0.05, 0) is 84.0 Å².